The third kappa shape index (κ3) is 3.56. The molecule has 6 nitrogen and oxygen atoms in total. The number of aromatic nitrogens is 1. The van der Waals surface area contributed by atoms with Crippen LogP contribution in [0.2, 0.25) is 0 Å². The second kappa shape index (κ2) is 7.77. The number of rotatable bonds is 4. The van der Waals surface area contributed by atoms with Crippen molar-refractivity contribution in [1.29, 1.82) is 0 Å². The quantitative estimate of drug-likeness (QED) is 0.638. The van der Waals surface area contributed by atoms with E-state index in [9.17, 15) is 26.4 Å². The lowest BCUT2D eigenvalue weighted by atomic mass is 10.1. The molecule has 1 aromatic heterocycles. The van der Waals surface area contributed by atoms with Gasteiger partial charge in [0, 0.05) is 43.3 Å². The minimum atomic E-state index is -4.35. The molecule has 0 saturated carbocycles. The molecule has 3 aromatic rings. The van der Waals surface area contributed by atoms with Crippen LogP contribution in [0.1, 0.15) is 5.56 Å². The summed E-state index contributed by atoms with van der Waals surface area (Å²) in [5.74, 6) is -5.19. The Labute approximate surface area is 171 Å². The molecule has 158 valence electrons. The van der Waals surface area contributed by atoms with Crippen LogP contribution in [-0.2, 0) is 21.2 Å². The Morgan fingerprint density at radius 2 is 1.67 bits per heavy atom. The predicted molar refractivity (Wildman–Crippen MR) is 104 cm³/mol. The SMILES string of the molecule is O=C(Cc1c[nH]c2ccccc12)N1CCN(S(=O)(=O)c2ccc(F)c(F)c2F)CC1. The summed E-state index contributed by atoms with van der Waals surface area (Å²) in [5, 5.41) is 0.945. The van der Waals surface area contributed by atoms with Crippen LogP contribution in [0.3, 0.4) is 0 Å². The molecule has 0 aliphatic carbocycles. The van der Waals surface area contributed by atoms with Crippen LogP contribution in [0.5, 0.6) is 0 Å². The lowest BCUT2D eigenvalue weighted by Gasteiger charge is -2.34. The van der Waals surface area contributed by atoms with E-state index in [1.54, 1.807) is 6.20 Å². The fourth-order valence-corrected chi connectivity index (χ4v) is 5.06. The van der Waals surface area contributed by atoms with Gasteiger partial charge in [-0.05, 0) is 23.8 Å². The number of hydrogen-bond acceptors (Lipinski definition) is 3. The Balaban J connectivity index is 1.44. The van der Waals surface area contributed by atoms with Gasteiger partial charge in [-0.1, -0.05) is 18.2 Å². The number of carbonyl (C=O) groups is 1. The van der Waals surface area contributed by atoms with Crippen molar-refractivity contribution >= 4 is 26.8 Å². The molecular formula is C20H18F3N3O3S. The van der Waals surface area contributed by atoms with E-state index in [-0.39, 0.29) is 38.5 Å². The van der Waals surface area contributed by atoms with Gasteiger partial charge in [0.05, 0.1) is 6.42 Å². The van der Waals surface area contributed by atoms with Crippen LogP contribution in [-0.4, -0.2) is 54.7 Å². The molecule has 1 N–H and O–H groups in total. The Hall–Kier alpha value is -2.85. The van der Waals surface area contributed by atoms with E-state index in [0.29, 0.717) is 12.1 Å². The average molecular weight is 437 g/mol. The number of sulfonamides is 1. The van der Waals surface area contributed by atoms with Crippen molar-refractivity contribution in [3.05, 3.63) is 65.6 Å². The van der Waals surface area contributed by atoms with Gasteiger partial charge in [0.2, 0.25) is 15.9 Å². The van der Waals surface area contributed by atoms with Crippen molar-refractivity contribution in [3.63, 3.8) is 0 Å². The number of benzene rings is 2. The summed E-state index contributed by atoms with van der Waals surface area (Å²) in [7, 11) is -4.35. The third-order valence-electron chi connectivity index (χ3n) is 5.23. The maximum absolute atomic E-state index is 14.0. The van der Waals surface area contributed by atoms with E-state index >= 15 is 0 Å². The van der Waals surface area contributed by atoms with E-state index in [1.807, 2.05) is 24.3 Å². The van der Waals surface area contributed by atoms with Crippen molar-refractivity contribution in [2.75, 3.05) is 26.2 Å². The number of piperazine rings is 1. The minimum absolute atomic E-state index is 0.0691. The highest BCUT2D eigenvalue weighted by atomic mass is 32.2. The second-order valence-corrected chi connectivity index (χ2v) is 8.90. The molecule has 0 atom stereocenters. The topological polar surface area (TPSA) is 73.5 Å². The molecule has 4 rings (SSSR count). The first kappa shape index (κ1) is 20.4. The summed E-state index contributed by atoms with van der Waals surface area (Å²) >= 11 is 0. The summed E-state index contributed by atoms with van der Waals surface area (Å²) in [5.41, 5.74) is 1.76. The van der Waals surface area contributed by atoms with E-state index in [1.165, 1.54) is 4.90 Å². The molecule has 1 aliphatic rings. The highest BCUT2D eigenvalue weighted by molar-refractivity contribution is 7.89. The van der Waals surface area contributed by atoms with Crippen LogP contribution >= 0.6 is 0 Å². The van der Waals surface area contributed by atoms with Crippen molar-refractivity contribution in [2.45, 2.75) is 11.3 Å². The van der Waals surface area contributed by atoms with Crippen LogP contribution in [0.4, 0.5) is 13.2 Å². The molecule has 1 aliphatic heterocycles. The van der Waals surface area contributed by atoms with Crippen LogP contribution < -0.4 is 0 Å². The third-order valence-corrected chi connectivity index (χ3v) is 7.14. The molecule has 0 bridgehead atoms. The van der Waals surface area contributed by atoms with Gasteiger partial charge in [0.1, 0.15) is 4.90 Å². The molecule has 2 heterocycles. The Bertz CT molecular complexity index is 1220. The summed E-state index contributed by atoms with van der Waals surface area (Å²) in [6.45, 7) is 0.0955. The van der Waals surface area contributed by atoms with Gasteiger partial charge in [-0.2, -0.15) is 4.31 Å². The number of amides is 1. The Morgan fingerprint density at radius 3 is 2.40 bits per heavy atom. The van der Waals surface area contributed by atoms with Crippen LogP contribution in [0, 0.1) is 17.5 Å². The maximum Gasteiger partial charge on any atom is 0.246 e. The number of aromatic amines is 1. The summed E-state index contributed by atoms with van der Waals surface area (Å²) in [6, 6.07) is 8.87. The molecule has 1 fully saturated rings. The number of hydrogen-bond donors (Lipinski definition) is 1. The Morgan fingerprint density at radius 1 is 0.967 bits per heavy atom. The molecule has 0 spiro atoms. The van der Waals surface area contributed by atoms with Gasteiger partial charge >= 0.3 is 0 Å². The van der Waals surface area contributed by atoms with Crippen molar-refractivity contribution in [3.8, 4) is 0 Å². The highest BCUT2D eigenvalue weighted by Crippen LogP contribution is 2.24. The zero-order valence-corrected chi connectivity index (χ0v) is 16.6. The number of nitrogens with one attached hydrogen (secondary N) is 1. The lowest BCUT2D eigenvalue weighted by molar-refractivity contribution is -0.131. The number of H-pyrrole nitrogens is 1. The Kier molecular flexibility index (Phi) is 5.29. The van der Waals surface area contributed by atoms with Crippen molar-refractivity contribution in [2.24, 2.45) is 0 Å². The lowest BCUT2D eigenvalue weighted by Crippen LogP contribution is -2.51. The number of para-hydroxylation sites is 1. The smallest absolute Gasteiger partial charge is 0.246 e. The van der Waals surface area contributed by atoms with Gasteiger partial charge in [0.25, 0.3) is 0 Å². The van der Waals surface area contributed by atoms with Crippen LogP contribution in [0.25, 0.3) is 10.9 Å². The van der Waals surface area contributed by atoms with E-state index < -0.39 is 32.4 Å². The fourth-order valence-electron chi connectivity index (χ4n) is 3.58. The second-order valence-electron chi connectivity index (χ2n) is 6.99. The maximum atomic E-state index is 14.0. The number of halogens is 3. The zero-order chi connectivity index (χ0) is 21.5. The van der Waals surface area contributed by atoms with E-state index in [0.717, 1.165) is 20.8 Å². The number of fused-ring (bicyclic) bond motifs is 1. The largest absolute Gasteiger partial charge is 0.361 e. The van der Waals surface area contributed by atoms with Crippen molar-refractivity contribution in [1.82, 2.24) is 14.2 Å². The zero-order valence-electron chi connectivity index (χ0n) is 15.7. The fraction of sp³-hybridized carbons (Fsp3) is 0.250. The minimum Gasteiger partial charge on any atom is -0.361 e. The average Bonchev–Trinajstić information content (AvgIpc) is 3.15. The van der Waals surface area contributed by atoms with Gasteiger partial charge in [-0.15, -0.1) is 0 Å². The normalized spacial score (nSPS) is 15.6. The van der Waals surface area contributed by atoms with Gasteiger partial charge < -0.3 is 9.88 Å². The molecule has 1 saturated heterocycles. The molecular weight excluding hydrogens is 419 g/mol. The van der Waals surface area contributed by atoms with Crippen molar-refractivity contribution < 1.29 is 26.4 Å². The first-order chi connectivity index (χ1) is 14.3. The number of carbonyl (C=O) groups excluding carboxylic acids is 1. The summed E-state index contributed by atoms with van der Waals surface area (Å²) < 4.78 is 66.8. The molecule has 30 heavy (non-hydrogen) atoms. The molecule has 0 radical (unpaired) electrons. The van der Waals surface area contributed by atoms with Gasteiger partial charge in [0.15, 0.2) is 17.5 Å². The molecule has 10 heteroatoms. The summed E-state index contributed by atoms with van der Waals surface area (Å²) in [4.78, 5) is 16.4. The molecule has 1 amide bonds. The summed E-state index contributed by atoms with van der Waals surface area (Å²) in [6.07, 6.45) is 1.93. The van der Waals surface area contributed by atoms with Gasteiger partial charge in [-0.3, -0.25) is 4.79 Å². The van der Waals surface area contributed by atoms with Crippen LogP contribution in [0.15, 0.2) is 47.5 Å². The van der Waals surface area contributed by atoms with E-state index in [2.05, 4.69) is 4.98 Å². The first-order valence-electron chi connectivity index (χ1n) is 9.25. The monoisotopic (exact) mass is 437 g/mol. The highest BCUT2D eigenvalue weighted by Gasteiger charge is 2.33. The predicted octanol–water partition coefficient (Wildman–Crippen LogP) is 2.66. The van der Waals surface area contributed by atoms with E-state index in [4.69, 9.17) is 0 Å². The van der Waals surface area contributed by atoms with Gasteiger partial charge in [-0.25, -0.2) is 21.6 Å². The molecule has 2 aromatic carbocycles. The number of nitrogens with zero attached hydrogens (tertiary/aromatic N) is 2. The molecule has 0 unspecified atom stereocenters. The first-order valence-corrected chi connectivity index (χ1v) is 10.7. The standard InChI is InChI=1S/C20H18F3N3O3S/c21-15-5-6-17(20(23)19(15)22)30(28,29)26-9-7-25(8-10-26)18(27)11-13-12-24-16-4-2-1-3-14(13)16/h1-6,12,24H,7-11H2.